The molecule has 1 aliphatic heterocycles. The summed E-state index contributed by atoms with van der Waals surface area (Å²) < 4.78 is 11.2. The van der Waals surface area contributed by atoms with Crippen molar-refractivity contribution in [3.63, 3.8) is 0 Å². The van der Waals surface area contributed by atoms with Gasteiger partial charge < -0.3 is 9.47 Å². The number of pyridine rings is 1. The van der Waals surface area contributed by atoms with Gasteiger partial charge in [-0.05, 0) is 42.8 Å². The lowest BCUT2D eigenvalue weighted by molar-refractivity contribution is -0.384. The molecule has 0 saturated carbocycles. The smallest absolute Gasteiger partial charge is 0.343 e. The van der Waals surface area contributed by atoms with Crippen molar-refractivity contribution in [3.05, 3.63) is 99.1 Å². The van der Waals surface area contributed by atoms with Gasteiger partial charge in [-0.1, -0.05) is 12.1 Å². The second-order valence-corrected chi connectivity index (χ2v) is 6.48. The van der Waals surface area contributed by atoms with E-state index in [4.69, 9.17) is 9.47 Å². The summed E-state index contributed by atoms with van der Waals surface area (Å²) in [5.41, 5.74) is 1.53. The Labute approximate surface area is 170 Å². The Balaban J connectivity index is 1.62. The Bertz CT molecular complexity index is 1220. The quantitative estimate of drug-likeness (QED) is 0.212. The molecule has 1 aliphatic rings. The number of allylic oxidation sites excluding steroid dienone is 1. The molecule has 0 fully saturated rings. The van der Waals surface area contributed by atoms with Crippen LogP contribution in [-0.2, 0) is 0 Å². The van der Waals surface area contributed by atoms with Gasteiger partial charge in [0.1, 0.15) is 11.5 Å². The summed E-state index contributed by atoms with van der Waals surface area (Å²) in [5.74, 6) is -0.327. The maximum Gasteiger partial charge on any atom is 0.343 e. The van der Waals surface area contributed by atoms with Gasteiger partial charge >= 0.3 is 5.97 Å². The van der Waals surface area contributed by atoms with Crippen LogP contribution in [0.5, 0.6) is 11.5 Å². The zero-order valence-electron chi connectivity index (χ0n) is 15.7. The van der Waals surface area contributed by atoms with Crippen LogP contribution >= 0.6 is 0 Å². The number of hydrogen-bond donors (Lipinski definition) is 0. The summed E-state index contributed by atoms with van der Waals surface area (Å²) in [4.78, 5) is 39.3. The fourth-order valence-electron chi connectivity index (χ4n) is 3.00. The molecule has 2 aromatic carbocycles. The molecule has 4 rings (SSSR count). The van der Waals surface area contributed by atoms with Crippen molar-refractivity contribution < 1.29 is 24.0 Å². The van der Waals surface area contributed by atoms with Crippen LogP contribution < -0.4 is 9.47 Å². The highest BCUT2D eigenvalue weighted by Gasteiger charge is 2.30. The van der Waals surface area contributed by atoms with Gasteiger partial charge in [0.25, 0.3) is 5.69 Å². The number of nitro benzene ring substituents is 1. The lowest BCUT2D eigenvalue weighted by Crippen LogP contribution is -2.09. The van der Waals surface area contributed by atoms with E-state index in [0.717, 1.165) is 0 Å². The summed E-state index contributed by atoms with van der Waals surface area (Å²) in [6.07, 6.45) is 4.41. The molecule has 0 unspecified atom stereocenters. The average molecular weight is 402 g/mol. The van der Waals surface area contributed by atoms with E-state index >= 15 is 0 Å². The molecule has 3 aromatic rings. The highest BCUT2D eigenvalue weighted by molar-refractivity contribution is 6.15. The van der Waals surface area contributed by atoms with Crippen LogP contribution in [0.4, 0.5) is 5.69 Å². The normalized spacial score (nSPS) is 13.6. The van der Waals surface area contributed by atoms with Crippen LogP contribution in [0.15, 0.2) is 66.7 Å². The third kappa shape index (κ3) is 3.53. The molecule has 0 N–H and O–H groups in total. The van der Waals surface area contributed by atoms with Crippen LogP contribution in [0.1, 0.15) is 31.8 Å². The number of esters is 1. The number of nitrogens with zero attached hydrogens (tertiary/aromatic N) is 2. The van der Waals surface area contributed by atoms with Gasteiger partial charge in [-0.15, -0.1) is 0 Å². The zero-order chi connectivity index (χ0) is 21.3. The van der Waals surface area contributed by atoms with Crippen LogP contribution in [0.25, 0.3) is 6.08 Å². The van der Waals surface area contributed by atoms with Crippen molar-refractivity contribution in [2.75, 3.05) is 0 Å². The third-order valence-electron chi connectivity index (χ3n) is 4.53. The number of fused-ring (bicyclic) bond motifs is 1. The number of non-ortho nitro benzene ring substituents is 1. The number of rotatable bonds is 4. The van der Waals surface area contributed by atoms with Crippen LogP contribution in [0.3, 0.4) is 0 Å². The number of carbonyl (C=O) groups excluding carboxylic acids is 2. The monoisotopic (exact) mass is 402 g/mol. The Morgan fingerprint density at radius 3 is 2.67 bits per heavy atom. The molecular weight excluding hydrogens is 388 g/mol. The zero-order valence-corrected chi connectivity index (χ0v) is 15.7. The number of hydrogen-bond acceptors (Lipinski definition) is 7. The maximum atomic E-state index is 12.7. The van der Waals surface area contributed by atoms with Crippen molar-refractivity contribution in [2.24, 2.45) is 0 Å². The second-order valence-electron chi connectivity index (χ2n) is 6.48. The molecule has 8 heteroatoms. The van der Waals surface area contributed by atoms with Gasteiger partial charge in [0.05, 0.1) is 16.1 Å². The van der Waals surface area contributed by atoms with E-state index in [1.165, 1.54) is 60.9 Å². The first-order valence-corrected chi connectivity index (χ1v) is 8.88. The number of ether oxygens (including phenoxy) is 2. The van der Waals surface area contributed by atoms with Crippen LogP contribution in [-0.4, -0.2) is 21.7 Å². The third-order valence-corrected chi connectivity index (χ3v) is 4.53. The van der Waals surface area contributed by atoms with Gasteiger partial charge in [0.15, 0.2) is 5.76 Å². The summed E-state index contributed by atoms with van der Waals surface area (Å²) in [7, 11) is 0. The van der Waals surface area contributed by atoms with Crippen molar-refractivity contribution in [2.45, 2.75) is 6.92 Å². The van der Waals surface area contributed by atoms with Crippen molar-refractivity contribution in [1.82, 2.24) is 4.98 Å². The number of ketones is 1. The minimum absolute atomic E-state index is 0.0335. The number of benzene rings is 2. The van der Waals surface area contributed by atoms with E-state index in [2.05, 4.69) is 4.98 Å². The molecule has 0 saturated heterocycles. The van der Waals surface area contributed by atoms with Crippen LogP contribution in [0, 0.1) is 17.0 Å². The molecule has 0 radical (unpaired) electrons. The van der Waals surface area contributed by atoms with E-state index in [9.17, 15) is 19.7 Å². The molecule has 0 aliphatic carbocycles. The summed E-state index contributed by atoms with van der Waals surface area (Å²) in [5, 5.41) is 10.9. The van der Waals surface area contributed by atoms with E-state index in [1.54, 1.807) is 13.0 Å². The van der Waals surface area contributed by atoms with E-state index in [0.29, 0.717) is 22.3 Å². The molecule has 8 nitrogen and oxygen atoms in total. The lowest BCUT2D eigenvalue weighted by atomic mass is 10.1. The van der Waals surface area contributed by atoms with Crippen LogP contribution in [0.2, 0.25) is 0 Å². The minimum atomic E-state index is -0.558. The van der Waals surface area contributed by atoms with Gasteiger partial charge in [-0.3, -0.25) is 19.9 Å². The Morgan fingerprint density at radius 1 is 1.17 bits per heavy atom. The first-order valence-electron chi connectivity index (χ1n) is 8.88. The topological polar surface area (TPSA) is 109 Å². The molecule has 2 heterocycles. The predicted molar refractivity (Wildman–Crippen MR) is 106 cm³/mol. The van der Waals surface area contributed by atoms with Gasteiger partial charge in [0.2, 0.25) is 5.78 Å². The first-order chi connectivity index (χ1) is 14.4. The van der Waals surface area contributed by atoms with E-state index in [-0.39, 0.29) is 28.7 Å². The van der Waals surface area contributed by atoms with Gasteiger partial charge in [0, 0.05) is 30.1 Å². The maximum absolute atomic E-state index is 12.7. The highest BCUT2D eigenvalue weighted by atomic mass is 16.6. The van der Waals surface area contributed by atoms with Gasteiger partial charge in [-0.2, -0.15) is 0 Å². The second kappa shape index (κ2) is 7.59. The number of carbonyl (C=O) groups is 2. The van der Waals surface area contributed by atoms with Gasteiger partial charge in [-0.25, -0.2) is 4.79 Å². The molecule has 0 atom stereocenters. The molecular formula is C22H14N2O6. The fourth-order valence-corrected chi connectivity index (χ4v) is 3.00. The van der Waals surface area contributed by atoms with Crippen molar-refractivity contribution in [3.8, 4) is 11.5 Å². The minimum Gasteiger partial charge on any atom is -0.452 e. The number of nitro groups is 1. The standard InChI is InChI=1S/C22H14N2O6/c1-13-18(30-22(26)15-7-9-23-10-8-15)6-5-17-20(25)19(29-21(13)17)12-14-3-2-4-16(11-14)24(27)28/h2-12H,1H3/b19-12-. The first kappa shape index (κ1) is 19.0. The Hall–Kier alpha value is -4.33. The Morgan fingerprint density at radius 2 is 1.93 bits per heavy atom. The molecule has 0 amide bonds. The lowest BCUT2D eigenvalue weighted by Gasteiger charge is -2.10. The van der Waals surface area contributed by atoms with E-state index < -0.39 is 10.9 Å². The predicted octanol–water partition coefficient (Wildman–Crippen LogP) is 4.13. The molecule has 0 bridgehead atoms. The summed E-state index contributed by atoms with van der Waals surface area (Å²) in [6.45, 7) is 1.68. The number of aromatic nitrogens is 1. The van der Waals surface area contributed by atoms with Crippen molar-refractivity contribution >= 4 is 23.5 Å². The average Bonchev–Trinajstić information content (AvgIpc) is 3.07. The largest absolute Gasteiger partial charge is 0.452 e. The molecule has 1 aromatic heterocycles. The number of Topliss-reactive ketones (excluding diaryl/α,β-unsaturated/α-hetero) is 1. The van der Waals surface area contributed by atoms with Crippen molar-refractivity contribution in [1.29, 1.82) is 0 Å². The highest BCUT2D eigenvalue weighted by Crippen LogP contribution is 2.39. The molecule has 0 spiro atoms. The van der Waals surface area contributed by atoms with E-state index in [1.807, 2.05) is 0 Å². The molecule has 148 valence electrons. The Kier molecular flexibility index (Phi) is 4.81. The SMILES string of the molecule is Cc1c(OC(=O)c2ccncc2)ccc2c1O/C(=C\c1cccc([N+](=O)[O-])c1)C2=O. The summed E-state index contributed by atoms with van der Waals surface area (Å²) in [6, 6.07) is 12.0. The summed E-state index contributed by atoms with van der Waals surface area (Å²) >= 11 is 0. The fraction of sp³-hybridized carbons (Fsp3) is 0.0455. The molecule has 30 heavy (non-hydrogen) atoms.